The summed E-state index contributed by atoms with van der Waals surface area (Å²) in [4.78, 5) is 12.7. The van der Waals surface area contributed by atoms with Gasteiger partial charge in [-0.3, -0.25) is 4.79 Å². The zero-order valence-corrected chi connectivity index (χ0v) is 15.8. The topological polar surface area (TPSA) is 73.3 Å². The maximum absolute atomic E-state index is 12.7. The average Bonchev–Trinajstić information content (AvgIpc) is 3.36. The Morgan fingerprint density at radius 3 is 2.61 bits per heavy atom. The molecule has 4 aromatic rings. The second-order valence-electron chi connectivity index (χ2n) is 7.56. The predicted octanol–water partition coefficient (Wildman–Crippen LogP) is 4.42. The van der Waals surface area contributed by atoms with E-state index in [0.29, 0.717) is 24.2 Å². The molecular formula is C22H20N4O2. The van der Waals surface area contributed by atoms with E-state index in [9.17, 15) is 4.79 Å². The van der Waals surface area contributed by atoms with Gasteiger partial charge in [0.15, 0.2) is 17.1 Å². The Bertz CT molecular complexity index is 1160. The van der Waals surface area contributed by atoms with E-state index in [2.05, 4.69) is 36.2 Å². The smallest absolute Gasteiger partial charge is 0.185 e. The third kappa shape index (κ3) is 2.56. The van der Waals surface area contributed by atoms with Gasteiger partial charge in [-0.15, -0.1) is 10.2 Å². The molecule has 0 amide bonds. The number of rotatable bonds is 3. The lowest BCUT2D eigenvalue weighted by atomic mass is 9.87. The number of carbonyl (C=O) groups excluding carboxylic acids is 1. The van der Waals surface area contributed by atoms with Gasteiger partial charge in [-0.1, -0.05) is 44.2 Å². The van der Waals surface area contributed by atoms with Gasteiger partial charge in [0.1, 0.15) is 5.76 Å². The fraction of sp³-hybridized carbons (Fsp3) is 0.273. The van der Waals surface area contributed by atoms with Crippen molar-refractivity contribution in [2.24, 2.45) is 0 Å². The number of benzene rings is 1. The summed E-state index contributed by atoms with van der Waals surface area (Å²) in [6.45, 7) is 4.23. The summed E-state index contributed by atoms with van der Waals surface area (Å²) in [6, 6.07) is 13.9. The Balaban J connectivity index is 1.74. The highest BCUT2D eigenvalue weighted by Gasteiger charge is 2.33. The van der Waals surface area contributed by atoms with Crippen molar-refractivity contribution in [3.05, 3.63) is 71.6 Å². The number of furan rings is 1. The first-order chi connectivity index (χ1) is 13.6. The third-order valence-electron chi connectivity index (χ3n) is 5.35. The molecular weight excluding hydrogens is 352 g/mol. The summed E-state index contributed by atoms with van der Waals surface area (Å²) in [5.41, 5.74) is 4.93. The van der Waals surface area contributed by atoms with Gasteiger partial charge in [-0.25, -0.2) is 4.52 Å². The average molecular weight is 372 g/mol. The molecule has 1 unspecified atom stereocenters. The maximum Gasteiger partial charge on any atom is 0.185 e. The van der Waals surface area contributed by atoms with Crippen LogP contribution in [-0.4, -0.2) is 25.6 Å². The van der Waals surface area contributed by atoms with E-state index in [-0.39, 0.29) is 17.6 Å². The van der Waals surface area contributed by atoms with Crippen LogP contribution in [-0.2, 0) is 6.42 Å². The minimum Gasteiger partial charge on any atom is -0.469 e. The number of Topliss-reactive ketones (excluding diaryl/α,β-unsaturated/α-hetero) is 1. The van der Waals surface area contributed by atoms with E-state index < -0.39 is 0 Å². The fourth-order valence-corrected chi connectivity index (χ4v) is 4.00. The van der Waals surface area contributed by atoms with Gasteiger partial charge in [-0.05, 0) is 23.6 Å². The van der Waals surface area contributed by atoms with Crippen LogP contribution in [0.3, 0.4) is 0 Å². The van der Waals surface area contributed by atoms with Crippen LogP contribution in [0.1, 0.15) is 59.7 Å². The third-order valence-corrected chi connectivity index (χ3v) is 5.35. The lowest BCUT2D eigenvalue weighted by Crippen LogP contribution is -2.24. The Morgan fingerprint density at radius 1 is 1.07 bits per heavy atom. The van der Waals surface area contributed by atoms with Crippen LogP contribution >= 0.6 is 0 Å². The molecule has 3 heterocycles. The molecule has 0 saturated carbocycles. The number of ketones is 1. The fourth-order valence-electron chi connectivity index (χ4n) is 4.00. The highest BCUT2D eigenvalue weighted by Crippen LogP contribution is 2.36. The minimum atomic E-state index is -0.0140. The molecule has 5 rings (SSSR count). The van der Waals surface area contributed by atoms with Gasteiger partial charge in [-0.2, -0.15) is 5.10 Å². The van der Waals surface area contributed by atoms with Crippen molar-refractivity contribution in [2.75, 3.05) is 0 Å². The first-order valence-corrected chi connectivity index (χ1v) is 9.53. The molecule has 0 aliphatic heterocycles. The largest absolute Gasteiger partial charge is 0.469 e. The lowest BCUT2D eigenvalue weighted by Gasteiger charge is -2.21. The summed E-state index contributed by atoms with van der Waals surface area (Å²) in [7, 11) is 0. The molecule has 1 aromatic carbocycles. The SMILES string of the molecule is CC(C)c1nn2c3c(nnc2c1-c1ccccc1)C(=O)CC(c1ccco1)C3. The van der Waals surface area contributed by atoms with Crippen LogP contribution in [0, 0.1) is 0 Å². The van der Waals surface area contributed by atoms with Crippen molar-refractivity contribution in [1.82, 2.24) is 19.8 Å². The zero-order chi connectivity index (χ0) is 19.3. The molecule has 1 atom stereocenters. The van der Waals surface area contributed by atoms with Crippen LogP contribution < -0.4 is 0 Å². The van der Waals surface area contributed by atoms with Crippen LogP contribution in [0.2, 0.25) is 0 Å². The van der Waals surface area contributed by atoms with E-state index in [1.54, 1.807) is 6.26 Å². The normalized spacial score (nSPS) is 16.7. The number of hydrogen-bond donors (Lipinski definition) is 0. The van der Waals surface area contributed by atoms with E-state index in [4.69, 9.17) is 9.52 Å². The summed E-state index contributed by atoms with van der Waals surface area (Å²) in [5, 5.41) is 13.6. The monoisotopic (exact) mass is 372 g/mol. The number of fused-ring (bicyclic) bond motifs is 3. The maximum atomic E-state index is 12.7. The van der Waals surface area contributed by atoms with Gasteiger partial charge in [0.05, 0.1) is 23.2 Å². The van der Waals surface area contributed by atoms with E-state index >= 15 is 0 Å². The molecule has 6 nitrogen and oxygen atoms in total. The Hall–Kier alpha value is -3.28. The van der Waals surface area contributed by atoms with E-state index in [0.717, 1.165) is 28.3 Å². The van der Waals surface area contributed by atoms with Crippen molar-refractivity contribution in [3.63, 3.8) is 0 Å². The summed E-state index contributed by atoms with van der Waals surface area (Å²) in [5.74, 6) is 1.02. The predicted molar refractivity (Wildman–Crippen MR) is 104 cm³/mol. The van der Waals surface area contributed by atoms with Crippen LogP contribution in [0.25, 0.3) is 16.8 Å². The number of aromatic nitrogens is 4. The molecule has 28 heavy (non-hydrogen) atoms. The first-order valence-electron chi connectivity index (χ1n) is 9.53. The molecule has 0 saturated heterocycles. The standard InChI is InChI=1S/C22H20N4O2/c1-13(2)20-19(14-7-4-3-5-8-14)22-24-23-21-16(26(22)25-20)11-15(12-17(21)27)18-9-6-10-28-18/h3-10,13,15H,11-12H2,1-2H3. The lowest BCUT2D eigenvalue weighted by molar-refractivity contribution is 0.0951. The van der Waals surface area contributed by atoms with Crippen molar-refractivity contribution in [3.8, 4) is 11.1 Å². The summed E-state index contributed by atoms with van der Waals surface area (Å²) >= 11 is 0. The van der Waals surface area contributed by atoms with Gasteiger partial charge in [0, 0.05) is 18.8 Å². The summed E-state index contributed by atoms with van der Waals surface area (Å²) in [6.07, 6.45) is 2.67. The molecule has 0 bridgehead atoms. The summed E-state index contributed by atoms with van der Waals surface area (Å²) < 4.78 is 7.39. The van der Waals surface area contributed by atoms with Crippen LogP contribution in [0.4, 0.5) is 0 Å². The van der Waals surface area contributed by atoms with Crippen molar-refractivity contribution in [1.29, 1.82) is 0 Å². The second kappa shape index (κ2) is 6.41. The highest BCUT2D eigenvalue weighted by molar-refractivity contribution is 5.97. The molecule has 0 N–H and O–H groups in total. The number of hydrogen-bond acceptors (Lipinski definition) is 5. The Labute approximate surface area is 162 Å². The first kappa shape index (κ1) is 16.9. The molecule has 0 radical (unpaired) electrons. The van der Waals surface area contributed by atoms with E-state index in [1.807, 2.05) is 34.8 Å². The van der Waals surface area contributed by atoms with E-state index in [1.165, 1.54) is 0 Å². The molecule has 0 fully saturated rings. The molecule has 3 aromatic heterocycles. The van der Waals surface area contributed by atoms with Gasteiger partial charge >= 0.3 is 0 Å². The minimum absolute atomic E-state index is 0.00530. The molecule has 1 aliphatic carbocycles. The van der Waals surface area contributed by atoms with Crippen molar-refractivity contribution in [2.45, 2.75) is 38.5 Å². The Morgan fingerprint density at radius 2 is 1.89 bits per heavy atom. The second-order valence-corrected chi connectivity index (χ2v) is 7.56. The van der Waals surface area contributed by atoms with Crippen molar-refractivity contribution < 1.29 is 9.21 Å². The van der Waals surface area contributed by atoms with Gasteiger partial charge in [0.25, 0.3) is 0 Å². The van der Waals surface area contributed by atoms with Gasteiger partial charge < -0.3 is 4.42 Å². The highest BCUT2D eigenvalue weighted by atomic mass is 16.3. The quantitative estimate of drug-likeness (QED) is 0.532. The molecule has 0 spiro atoms. The van der Waals surface area contributed by atoms with Crippen LogP contribution in [0.15, 0.2) is 53.1 Å². The van der Waals surface area contributed by atoms with Crippen molar-refractivity contribution >= 4 is 11.4 Å². The molecule has 140 valence electrons. The Kier molecular flexibility index (Phi) is 3.86. The molecule has 1 aliphatic rings. The number of carbonyl (C=O) groups is 1. The van der Waals surface area contributed by atoms with Gasteiger partial charge in [0.2, 0.25) is 0 Å². The molecule has 6 heteroatoms. The number of nitrogens with zero attached hydrogens (tertiary/aromatic N) is 4. The zero-order valence-electron chi connectivity index (χ0n) is 15.8. The van der Waals surface area contributed by atoms with Crippen LogP contribution in [0.5, 0.6) is 0 Å².